The molecule has 1 fully saturated rings. The summed E-state index contributed by atoms with van der Waals surface area (Å²) in [6.45, 7) is 9.52. The summed E-state index contributed by atoms with van der Waals surface area (Å²) in [6.07, 6.45) is 1.31. The summed E-state index contributed by atoms with van der Waals surface area (Å²) in [4.78, 5) is 2.63. The van der Waals surface area contributed by atoms with E-state index in [1.54, 1.807) is 7.11 Å². The summed E-state index contributed by atoms with van der Waals surface area (Å²) in [5.41, 5.74) is 1.33. The van der Waals surface area contributed by atoms with Gasteiger partial charge in [-0.3, -0.25) is 4.90 Å². The SMILES string of the molecule is CNC(c1ccc(OC)cc1)C(C)N1CCC(C)C(C)C1. The minimum Gasteiger partial charge on any atom is -0.497 e. The van der Waals surface area contributed by atoms with Crippen LogP contribution in [0.2, 0.25) is 0 Å². The highest BCUT2D eigenvalue weighted by Crippen LogP contribution is 2.29. The minimum absolute atomic E-state index is 0.358. The molecule has 4 atom stereocenters. The van der Waals surface area contributed by atoms with Crippen molar-refractivity contribution in [2.75, 3.05) is 27.2 Å². The Kier molecular flexibility index (Phi) is 5.65. The van der Waals surface area contributed by atoms with Gasteiger partial charge in [0.05, 0.1) is 7.11 Å². The Morgan fingerprint density at radius 1 is 1.19 bits per heavy atom. The molecule has 1 heterocycles. The summed E-state index contributed by atoms with van der Waals surface area (Å²) in [5, 5.41) is 3.50. The fourth-order valence-corrected chi connectivity index (χ4v) is 3.37. The van der Waals surface area contributed by atoms with Gasteiger partial charge in [0.15, 0.2) is 0 Å². The second kappa shape index (κ2) is 7.28. The molecule has 0 spiro atoms. The minimum atomic E-state index is 0.358. The summed E-state index contributed by atoms with van der Waals surface area (Å²) < 4.78 is 5.25. The van der Waals surface area contributed by atoms with Crippen molar-refractivity contribution in [1.29, 1.82) is 0 Å². The number of likely N-dealkylation sites (tertiary alicyclic amines) is 1. The first-order valence-corrected chi connectivity index (χ1v) is 8.12. The predicted octanol–water partition coefficient (Wildman–Crippen LogP) is 3.32. The molecule has 0 radical (unpaired) electrons. The van der Waals surface area contributed by atoms with Gasteiger partial charge in [-0.25, -0.2) is 0 Å². The van der Waals surface area contributed by atoms with Crippen LogP contribution in [0.1, 0.15) is 38.8 Å². The number of hydrogen-bond acceptors (Lipinski definition) is 3. The van der Waals surface area contributed by atoms with Crippen molar-refractivity contribution in [2.24, 2.45) is 11.8 Å². The maximum absolute atomic E-state index is 5.25. The van der Waals surface area contributed by atoms with Crippen LogP contribution < -0.4 is 10.1 Å². The fraction of sp³-hybridized carbons (Fsp3) is 0.667. The average molecular weight is 290 g/mol. The summed E-state index contributed by atoms with van der Waals surface area (Å²) in [5.74, 6) is 2.55. The number of benzene rings is 1. The third kappa shape index (κ3) is 3.78. The van der Waals surface area contributed by atoms with E-state index in [1.165, 1.54) is 25.1 Å². The second-order valence-electron chi connectivity index (χ2n) is 6.52. The second-order valence-corrected chi connectivity index (χ2v) is 6.52. The molecule has 1 aromatic carbocycles. The lowest BCUT2D eigenvalue weighted by atomic mass is 9.87. The Morgan fingerprint density at radius 2 is 1.86 bits per heavy atom. The largest absolute Gasteiger partial charge is 0.497 e. The maximum Gasteiger partial charge on any atom is 0.118 e. The third-order valence-electron chi connectivity index (χ3n) is 5.21. The molecule has 118 valence electrons. The highest BCUT2D eigenvalue weighted by atomic mass is 16.5. The molecule has 1 aliphatic heterocycles. The first kappa shape index (κ1) is 16.3. The number of piperidine rings is 1. The van der Waals surface area contributed by atoms with Gasteiger partial charge in [0.1, 0.15) is 5.75 Å². The van der Waals surface area contributed by atoms with Gasteiger partial charge in [-0.15, -0.1) is 0 Å². The number of rotatable bonds is 5. The molecule has 21 heavy (non-hydrogen) atoms. The molecular weight excluding hydrogens is 260 g/mol. The van der Waals surface area contributed by atoms with E-state index in [4.69, 9.17) is 4.74 Å². The van der Waals surface area contributed by atoms with E-state index < -0.39 is 0 Å². The first-order valence-electron chi connectivity index (χ1n) is 8.12. The Labute approximate surface area is 129 Å². The molecule has 1 aliphatic rings. The van der Waals surface area contributed by atoms with E-state index in [2.05, 4.69) is 50.2 Å². The summed E-state index contributed by atoms with van der Waals surface area (Å²) in [7, 11) is 3.77. The Hall–Kier alpha value is -1.06. The van der Waals surface area contributed by atoms with Crippen LogP contribution in [0.25, 0.3) is 0 Å². The lowest BCUT2D eigenvalue weighted by Crippen LogP contribution is -2.48. The van der Waals surface area contributed by atoms with Gasteiger partial charge in [-0.1, -0.05) is 26.0 Å². The first-order chi connectivity index (χ1) is 10.1. The quantitative estimate of drug-likeness (QED) is 0.900. The molecule has 0 amide bonds. The smallest absolute Gasteiger partial charge is 0.118 e. The van der Waals surface area contributed by atoms with Crippen molar-refractivity contribution in [2.45, 2.75) is 39.3 Å². The highest BCUT2D eigenvalue weighted by molar-refractivity contribution is 5.29. The standard InChI is InChI=1S/C18H30N2O/c1-13-10-11-20(12-14(13)2)15(3)18(19-4)16-6-8-17(21-5)9-7-16/h6-9,13-15,18-19H,10-12H2,1-5H3. The predicted molar refractivity (Wildman–Crippen MR) is 88.8 cm³/mol. The van der Waals surface area contributed by atoms with Crippen LogP contribution in [0.15, 0.2) is 24.3 Å². The van der Waals surface area contributed by atoms with Gasteiger partial charge in [-0.2, -0.15) is 0 Å². The normalized spacial score (nSPS) is 26.3. The topological polar surface area (TPSA) is 24.5 Å². The highest BCUT2D eigenvalue weighted by Gasteiger charge is 2.29. The van der Waals surface area contributed by atoms with E-state index in [0.29, 0.717) is 12.1 Å². The van der Waals surface area contributed by atoms with E-state index in [1.807, 2.05) is 12.1 Å². The van der Waals surface area contributed by atoms with Crippen LogP contribution in [0.4, 0.5) is 0 Å². The van der Waals surface area contributed by atoms with Crippen LogP contribution >= 0.6 is 0 Å². The lowest BCUT2D eigenvalue weighted by molar-refractivity contribution is 0.0853. The van der Waals surface area contributed by atoms with Crippen molar-refractivity contribution >= 4 is 0 Å². The number of hydrogen-bond donors (Lipinski definition) is 1. The van der Waals surface area contributed by atoms with Gasteiger partial charge >= 0.3 is 0 Å². The number of methoxy groups -OCH3 is 1. The van der Waals surface area contributed by atoms with Gasteiger partial charge in [-0.05, 0) is 56.5 Å². The molecule has 0 aliphatic carbocycles. The van der Waals surface area contributed by atoms with Gasteiger partial charge in [0.25, 0.3) is 0 Å². The van der Waals surface area contributed by atoms with E-state index in [-0.39, 0.29) is 0 Å². The van der Waals surface area contributed by atoms with Gasteiger partial charge in [0.2, 0.25) is 0 Å². The molecule has 0 aromatic heterocycles. The molecule has 1 saturated heterocycles. The van der Waals surface area contributed by atoms with E-state index in [0.717, 1.165) is 17.6 Å². The van der Waals surface area contributed by atoms with Crippen LogP contribution in [-0.2, 0) is 0 Å². The molecule has 1 aromatic rings. The van der Waals surface area contributed by atoms with E-state index >= 15 is 0 Å². The molecule has 0 saturated carbocycles. The summed E-state index contributed by atoms with van der Waals surface area (Å²) in [6, 6.07) is 9.30. The number of nitrogens with zero attached hydrogens (tertiary/aromatic N) is 1. The lowest BCUT2D eigenvalue weighted by Gasteiger charge is -2.41. The van der Waals surface area contributed by atoms with Gasteiger partial charge < -0.3 is 10.1 Å². The Balaban J connectivity index is 2.08. The fourth-order valence-electron chi connectivity index (χ4n) is 3.37. The number of nitrogens with one attached hydrogen (secondary N) is 1. The molecular formula is C18H30N2O. The van der Waals surface area contributed by atoms with Crippen LogP contribution in [0.5, 0.6) is 5.75 Å². The van der Waals surface area contributed by atoms with Gasteiger partial charge in [0, 0.05) is 18.6 Å². The zero-order valence-electron chi connectivity index (χ0n) is 14.1. The van der Waals surface area contributed by atoms with Crippen molar-refractivity contribution < 1.29 is 4.74 Å². The number of likely N-dealkylation sites (N-methyl/N-ethyl adjacent to an activating group) is 1. The molecule has 4 unspecified atom stereocenters. The number of ether oxygens (including phenoxy) is 1. The van der Waals surface area contributed by atoms with Crippen molar-refractivity contribution in [3.63, 3.8) is 0 Å². The monoisotopic (exact) mass is 290 g/mol. The average Bonchev–Trinajstić information content (AvgIpc) is 2.51. The zero-order valence-corrected chi connectivity index (χ0v) is 14.1. The van der Waals surface area contributed by atoms with Crippen LogP contribution in [0, 0.1) is 11.8 Å². The third-order valence-corrected chi connectivity index (χ3v) is 5.21. The van der Waals surface area contributed by atoms with Crippen LogP contribution in [0.3, 0.4) is 0 Å². The maximum atomic E-state index is 5.25. The van der Waals surface area contributed by atoms with E-state index in [9.17, 15) is 0 Å². The Morgan fingerprint density at radius 3 is 2.38 bits per heavy atom. The zero-order chi connectivity index (χ0) is 15.4. The molecule has 1 N–H and O–H groups in total. The van der Waals surface area contributed by atoms with Crippen LogP contribution in [-0.4, -0.2) is 38.2 Å². The van der Waals surface area contributed by atoms with Crippen molar-refractivity contribution in [1.82, 2.24) is 10.2 Å². The molecule has 3 heteroatoms. The van der Waals surface area contributed by atoms with Crippen molar-refractivity contribution in [3.05, 3.63) is 29.8 Å². The Bertz CT molecular complexity index is 431. The molecule has 3 nitrogen and oxygen atoms in total. The van der Waals surface area contributed by atoms with Crippen molar-refractivity contribution in [3.8, 4) is 5.75 Å². The molecule has 2 rings (SSSR count). The summed E-state index contributed by atoms with van der Waals surface area (Å²) >= 11 is 0. The molecule has 0 bridgehead atoms.